The second-order valence-electron chi connectivity index (χ2n) is 4.80. The van der Waals surface area contributed by atoms with Gasteiger partial charge in [0, 0.05) is 18.5 Å². The van der Waals surface area contributed by atoms with Crippen LogP contribution in [0.4, 0.5) is 4.39 Å². The van der Waals surface area contributed by atoms with Crippen LogP contribution in [0.3, 0.4) is 0 Å². The standard InChI is InChI=1S/C13H17FN2O/c1-9(8-16(2)11-4-5-11)13(17)12-6-3-10(14)7-15-12/h3,6-7,9,11H,4-5,8H2,1-2H3. The van der Waals surface area contributed by atoms with Crippen molar-refractivity contribution in [1.82, 2.24) is 9.88 Å². The molecular formula is C13H17FN2O. The van der Waals surface area contributed by atoms with E-state index in [4.69, 9.17) is 0 Å². The van der Waals surface area contributed by atoms with Gasteiger partial charge < -0.3 is 4.90 Å². The molecule has 0 saturated heterocycles. The summed E-state index contributed by atoms with van der Waals surface area (Å²) in [6.45, 7) is 2.63. The van der Waals surface area contributed by atoms with E-state index in [0.717, 1.165) is 12.7 Å². The molecule has 92 valence electrons. The predicted octanol–water partition coefficient (Wildman–Crippen LogP) is 2.13. The first-order valence-electron chi connectivity index (χ1n) is 5.94. The van der Waals surface area contributed by atoms with Crippen LogP contribution in [-0.4, -0.2) is 35.3 Å². The number of carbonyl (C=O) groups is 1. The van der Waals surface area contributed by atoms with E-state index >= 15 is 0 Å². The van der Waals surface area contributed by atoms with Gasteiger partial charge >= 0.3 is 0 Å². The Morgan fingerprint density at radius 2 is 2.29 bits per heavy atom. The minimum atomic E-state index is -0.413. The molecule has 0 N–H and O–H groups in total. The number of Topliss-reactive ketones (excluding diaryl/α,β-unsaturated/α-hetero) is 1. The summed E-state index contributed by atoms with van der Waals surface area (Å²) in [5.74, 6) is -0.527. The first-order valence-corrected chi connectivity index (χ1v) is 5.94. The van der Waals surface area contributed by atoms with Gasteiger partial charge in [0.05, 0.1) is 6.20 Å². The Kier molecular flexibility index (Phi) is 3.52. The van der Waals surface area contributed by atoms with E-state index < -0.39 is 5.82 Å². The Bertz CT molecular complexity index is 400. The number of rotatable bonds is 5. The molecule has 0 aliphatic heterocycles. The highest BCUT2D eigenvalue weighted by Gasteiger charge is 2.28. The molecular weight excluding hydrogens is 219 g/mol. The number of halogens is 1. The van der Waals surface area contributed by atoms with Crippen LogP contribution in [0, 0.1) is 11.7 Å². The van der Waals surface area contributed by atoms with Crippen LogP contribution in [0.25, 0.3) is 0 Å². The molecule has 2 rings (SSSR count). The fourth-order valence-electron chi connectivity index (χ4n) is 1.95. The summed E-state index contributed by atoms with van der Waals surface area (Å²) in [7, 11) is 2.04. The second kappa shape index (κ2) is 4.92. The molecule has 1 aromatic rings. The Morgan fingerprint density at radius 3 is 2.82 bits per heavy atom. The van der Waals surface area contributed by atoms with E-state index in [9.17, 15) is 9.18 Å². The van der Waals surface area contributed by atoms with E-state index in [2.05, 4.69) is 9.88 Å². The highest BCUT2D eigenvalue weighted by Crippen LogP contribution is 2.26. The van der Waals surface area contributed by atoms with Crippen molar-refractivity contribution in [3.05, 3.63) is 29.8 Å². The van der Waals surface area contributed by atoms with Gasteiger partial charge in [-0.2, -0.15) is 0 Å². The number of hydrogen-bond donors (Lipinski definition) is 0. The number of ketones is 1. The first kappa shape index (κ1) is 12.2. The van der Waals surface area contributed by atoms with Crippen LogP contribution in [0.15, 0.2) is 18.3 Å². The number of hydrogen-bond acceptors (Lipinski definition) is 3. The molecule has 1 aliphatic carbocycles. The number of aromatic nitrogens is 1. The largest absolute Gasteiger partial charge is 0.303 e. The van der Waals surface area contributed by atoms with Crippen LogP contribution in [0.1, 0.15) is 30.3 Å². The molecule has 3 nitrogen and oxygen atoms in total. The van der Waals surface area contributed by atoms with Crippen LogP contribution in [0.5, 0.6) is 0 Å². The third-order valence-electron chi connectivity index (χ3n) is 3.16. The van der Waals surface area contributed by atoms with Gasteiger partial charge in [-0.05, 0) is 32.0 Å². The van der Waals surface area contributed by atoms with Crippen molar-refractivity contribution in [2.24, 2.45) is 5.92 Å². The van der Waals surface area contributed by atoms with E-state index in [0.29, 0.717) is 11.7 Å². The maximum absolute atomic E-state index is 12.7. The molecule has 0 radical (unpaired) electrons. The van der Waals surface area contributed by atoms with E-state index in [1.807, 2.05) is 14.0 Å². The van der Waals surface area contributed by atoms with Gasteiger partial charge in [-0.25, -0.2) is 4.39 Å². The molecule has 1 heterocycles. The van der Waals surface area contributed by atoms with Gasteiger partial charge in [0.2, 0.25) is 0 Å². The van der Waals surface area contributed by atoms with Crippen molar-refractivity contribution in [1.29, 1.82) is 0 Å². The summed E-state index contributed by atoms with van der Waals surface area (Å²) in [5, 5.41) is 0. The Balaban J connectivity index is 1.96. The molecule has 0 spiro atoms. The number of pyridine rings is 1. The molecule has 1 unspecified atom stereocenters. The molecule has 1 saturated carbocycles. The lowest BCUT2D eigenvalue weighted by Crippen LogP contribution is -2.30. The van der Waals surface area contributed by atoms with Crippen LogP contribution < -0.4 is 0 Å². The first-order chi connectivity index (χ1) is 8.08. The summed E-state index contributed by atoms with van der Waals surface area (Å²) < 4.78 is 12.7. The lowest BCUT2D eigenvalue weighted by molar-refractivity contribution is 0.0896. The van der Waals surface area contributed by atoms with Gasteiger partial charge in [-0.1, -0.05) is 6.92 Å². The average Bonchev–Trinajstić information content (AvgIpc) is 3.12. The van der Waals surface area contributed by atoms with E-state index in [1.165, 1.54) is 25.0 Å². The molecule has 0 amide bonds. The van der Waals surface area contributed by atoms with Crippen molar-refractivity contribution in [2.45, 2.75) is 25.8 Å². The summed E-state index contributed by atoms with van der Waals surface area (Å²) in [6.07, 6.45) is 3.54. The fourth-order valence-corrected chi connectivity index (χ4v) is 1.95. The maximum Gasteiger partial charge on any atom is 0.185 e. The van der Waals surface area contributed by atoms with Crippen molar-refractivity contribution in [2.75, 3.05) is 13.6 Å². The molecule has 1 fully saturated rings. The van der Waals surface area contributed by atoms with Gasteiger partial charge in [0.1, 0.15) is 11.5 Å². The zero-order valence-electron chi connectivity index (χ0n) is 10.2. The summed E-state index contributed by atoms with van der Waals surface area (Å²) in [4.78, 5) is 18.1. The van der Waals surface area contributed by atoms with Crippen molar-refractivity contribution >= 4 is 5.78 Å². The van der Waals surface area contributed by atoms with Gasteiger partial charge in [0.15, 0.2) is 5.78 Å². The van der Waals surface area contributed by atoms with E-state index in [1.54, 1.807) is 0 Å². The zero-order chi connectivity index (χ0) is 12.4. The maximum atomic E-state index is 12.7. The smallest absolute Gasteiger partial charge is 0.185 e. The molecule has 1 aliphatic rings. The van der Waals surface area contributed by atoms with Gasteiger partial charge in [0.25, 0.3) is 0 Å². The zero-order valence-corrected chi connectivity index (χ0v) is 10.2. The highest BCUT2D eigenvalue weighted by molar-refractivity contribution is 5.95. The third-order valence-corrected chi connectivity index (χ3v) is 3.16. The summed E-state index contributed by atoms with van der Waals surface area (Å²) in [6, 6.07) is 3.37. The number of nitrogens with zero attached hydrogens (tertiary/aromatic N) is 2. The van der Waals surface area contributed by atoms with Crippen LogP contribution in [-0.2, 0) is 0 Å². The quantitative estimate of drug-likeness (QED) is 0.734. The summed E-state index contributed by atoms with van der Waals surface area (Å²) >= 11 is 0. The minimum absolute atomic E-state index is 0.0162. The Labute approximate surface area is 101 Å². The van der Waals surface area contributed by atoms with Crippen molar-refractivity contribution in [3.8, 4) is 0 Å². The SMILES string of the molecule is CC(CN(C)C1CC1)C(=O)c1ccc(F)cn1. The molecule has 1 aromatic heterocycles. The molecule has 0 aromatic carbocycles. The molecule has 0 bridgehead atoms. The fraction of sp³-hybridized carbons (Fsp3) is 0.538. The van der Waals surface area contributed by atoms with Gasteiger partial charge in [-0.3, -0.25) is 9.78 Å². The minimum Gasteiger partial charge on any atom is -0.303 e. The van der Waals surface area contributed by atoms with Crippen molar-refractivity contribution in [3.63, 3.8) is 0 Å². The second-order valence-corrected chi connectivity index (χ2v) is 4.80. The predicted molar refractivity (Wildman–Crippen MR) is 63.3 cm³/mol. The topological polar surface area (TPSA) is 33.2 Å². The molecule has 17 heavy (non-hydrogen) atoms. The third kappa shape index (κ3) is 3.09. The lowest BCUT2D eigenvalue weighted by atomic mass is 10.0. The lowest BCUT2D eigenvalue weighted by Gasteiger charge is -2.19. The van der Waals surface area contributed by atoms with Gasteiger partial charge in [-0.15, -0.1) is 0 Å². The monoisotopic (exact) mass is 236 g/mol. The average molecular weight is 236 g/mol. The van der Waals surface area contributed by atoms with Crippen LogP contribution in [0.2, 0.25) is 0 Å². The highest BCUT2D eigenvalue weighted by atomic mass is 19.1. The van der Waals surface area contributed by atoms with E-state index in [-0.39, 0.29) is 11.7 Å². The Hall–Kier alpha value is -1.29. The number of carbonyl (C=O) groups excluding carboxylic acids is 1. The van der Waals surface area contributed by atoms with Crippen LogP contribution >= 0.6 is 0 Å². The molecule has 4 heteroatoms. The van der Waals surface area contributed by atoms with Crippen molar-refractivity contribution < 1.29 is 9.18 Å². The molecule has 1 atom stereocenters. The Morgan fingerprint density at radius 1 is 1.59 bits per heavy atom. The summed E-state index contributed by atoms with van der Waals surface area (Å²) in [5.41, 5.74) is 0.350. The normalized spacial score (nSPS) is 17.2.